The average molecular weight is 326 g/mol. The van der Waals surface area contributed by atoms with Crippen LogP contribution in [0.25, 0.3) is 0 Å². The maximum atomic E-state index is 12.8. The molecule has 0 bridgehead atoms. The highest BCUT2D eigenvalue weighted by atomic mass is 16.5. The summed E-state index contributed by atoms with van der Waals surface area (Å²) >= 11 is 0. The number of carbonyl (C=O) groups is 1. The van der Waals surface area contributed by atoms with E-state index in [2.05, 4.69) is 50.2 Å². The third-order valence-corrected chi connectivity index (χ3v) is 4.84. The SMILES string of the molecule is CC(C)Cc1cc(C(=O)N2CCCC(C)(c3ccccc3)C2)no1. The van der Waals surface area contributed by atoms with Gasteiger partial charge in [0.05, 0.1) is 0 Å². The number of benzene rings is 1. The van der Waals surface area contributed by atoms with Crippen LogP contribution in [0.1, 0.15) is 55.4 Å². The van der Waals surface area contributed by atoms with Gasteiger partial charge in [0.25, 0.3) is 5.91 Å². The van der Waals surface area contributed by atoms with Gasteiger partial charge in [-0.2, -0.15) is 0 Å². The van der Waals surface area contributed by atoms with Gasteiger partial charge in [-0.25, -0.2) is 0 Å². The summed E-state index contributed by atoms with van der Waals surface area (Å²) in [6.45, 7) is 8.00. The number of nitrogens with zero attached hydrogens (tertiary/aromatic N) is 2. The van der Waals surface area contributed by atoms with Crippen molar-refractivity contribution >= 4 is 5.91 Å². The molecule has 1 aliphatic heterocycles. The second kappa shape index (κ2) is 6.80. The highest BCUT2D eigenvalue weighted by Crippen LogP contribution is 2.34. The molecule has 1 atom stereocenters. The normalized spacial score (nSPS) is 21.2. The minimum Gasteiger partial charge on any atom is -0.361 e. The van der Waals surface area contributed by atoms with Gasteiger partial charge in [0, 0.05) is 31.0 Å². The molecule has 4 nitrogen and oxygen atoms in total. The maximum absolute atomic E-state index is 12.8. The third kappa shape index (κ3) is 3.53. The smallest absolute Gasteiger partial charge is 0.276 e. The number of likely N-dealkylation sites (tertiary alicyclic amines) is 1. The Kier molecular flexibility index (Phi) is 4.74. The second-order valence-electron chi connectivity index (χ2n) is 7.53. The van der Waals surface area contributed by atoms with Crippen LogP contribution in [0, 0.1) is 5.92 Å². The number of hydrogen-bond acceptors (Lipinski definition) is 3. The van der Waals surface area contributed by atoms with Crippen LogP contribution in [0.15, 0.2) is 40.9 Å². The first kappa shape index (κ1) is 16.7. The summed E-state index contributed by atoms with van der Waals surface area (Å²) in [7, 11) is 0. The number of hydrogen-bond donors (Lipinski definition) is 0. The standard InChI is InChI=1S/C20H26N2O2/c1-15(2)12-17-13-18(21-24-17)19(23)22-11-7-10-20(3,14-22)16-8-5-4-6-9-16/h4-6,8-9,13,15H,7,10-12,14H2,1-3H3. The van der Waals surface area contributed by atoms with Gasteiger partial charge < -0.3 is 9.42 Å². The van der Waals surface area contributed by atoms with Crippen LogP contribution in [0.2, 0.25) is 0 Å². The van der Waals surface area contributed by atoms with Crippen molar-refractivity contribution in [1.82, 2.24) is 10.1 Å². The van der Waals surface area contributed by atoms with Gasteiger partial charge in [0.15, 0.2) is 5.69 Å². The second-order valence-corrected chi connectivity index (χ2v) is 7.53. The molecule has 0 spiro atoms. The molecule has 1 fully saturated rings. The number of rotatable bonds is 4. The van der Waals surface area contributed by atoms with Gasteiger partial charge in [-0.3, -0.25) is 4.79 Å². The first-order valence-electron chi connectivity index (χ1n) is 8.78. The molecule has 0 radical (unpaired) electrons. The molecular weight excluding hydrogens is 300 g/mol. The average Bonchev–Trinajstić information content (AvgIpc) is 3.03. The topological polar surface area (TPSA) is 46.3 Å². The lowest BCUT2D eigenvalue weighted by molar-refractivity contribution is 0.0640. The minimum absolute atomic E-state index is 0.000329. The number of piperidine rings is 1. The van der Waals surface area contributed by atoms with Crippen LogP contribution in [0.4, 0.5) is 0 Å². The maximum Gasteiger partial charge on any atom is 0.276 e. The Morgan fingerprint density at radius 3 is 2.79 bits per heavy atom. The summed E-state index contributed by atoms with van der Waals surface area (Å²) in [6, 6.07) is 12.3. The van der Waals surface area contributed by atoms with E-state index in [-0.39, 0.29) is 11.3 Å². The predicted molar refractivity (Wildman–Crippen MR) is 94.0 cm³/mol. The summed E-state index contributed by atoms with van der Waals surface area (Å²) in [5.41, 5.74) is 1.73. The fraction of sp³-hybridized carbons (Fsp3) is 0.500. The Hall–Kier alpha value is -2.10. The zero-order valence-corrected chi connectivity index (χ0v) is 14.8. The predicted octanol–water partition coefficient (Wildman–Crippen LogP) is 4.07. The van der Waals surface area contributed by atoms with E-state index in [1.165, 1.54) is 5.56 Å². The lowest BCUT2D eigenvalue weighted by Gasteiger charge is -2.40. The molecule has 1 amide bonds. The molecule has 0 saturated carbocycles. The van der Waals surface area contributed by atoms with Gasteiger partial charge in [-0.1, -0.05) is 56.3 Å². The zero-order chi connectivity index (χ0) is 17.2. The minimum atomic E-state index is -0.0180. The molecule has 24 heavy (non-hydrogen) atoms. The number of aromatic nitrogens is 1. The Morgan fingerprint density at radius 2 is 2.08 bits per heavy atom. The van der Waals surface area contributed by atoms with E-state index in [1.54, 1.807) is 6.07 Å². The summed E-state index contributed by atoms with van der Waals surface area (Å²) in [5.74, 6) is 1.25. The van der Waals surface area contributed by atoms with Crippen LogP contribution < -0.4 is 0 Å². The quantitative estimate of drug-likeness (QED) is 0.851. The lowest BCUT2D eigenvalue weighted by Crippen LogP contribution is -2.47. The monoisotopic (exact) mass is 326 g/mol. The zero-order valence-electron chi connectivity index (χ0n) is 14.8. The van der Waals surface area contributed by atoms with E-state index < -0.39 is 0 Å². The number of amides is 1. The van der Waals surface area contributed by atoms with Gasteiger partial charge in [-0.05, 0) is 24.3 Å². The molecule has 1 aliphatic rings. The van der Waals surface area contributed by atoms with E-state index in [4.69, 9.17) is 4.52 Å². The summed E-state index contributed by atoms with van der Waals surface area (Å²) < 4.78 is 5.33. The van der Waals surface area contributed by atoms with E-state index in [0.29, 0.717) is 11.6 Å². The molecule has 128 valence electrons. The van der Waals surface area contributed by atoms with Crippen LogP contribution >= 0.6 is 0 Å². The highest BCUT2D eigenvalue weighted by molar-refractivity contribution is 5.92. The van der Waals surface area contributed by atoms with Crippen molar-refractivity contribution in [2.45, 2.75) is 45.4 Å². The molecule has 1 unspecified atom stereocenters. The van der Waals surface area contributed by atoms with Crippen LogP contribution in [-0.4, -0.2) is 29.1 Å². The van der Waals surface area contributed by atoms with Crippen LogP contribution in [0.5, 0.6) is 0 Å². The molecule has 1 aromatic carbocycles. The molecule has 1 aromatic heterocycles. The molecule has 3 rings (SSSR count). The van der Waals surface area contributed by atoms with E-state index in [9.17, 15) is 4.79 Å². The largest absolute Gasteiger partial charge is 0.361 e. The fourth-order valence-corrected chi connectivity index (χ4v) is 3.56. The lowest BCUT2D eigenvalue weighted by atomic mass is 9.76. The molecule has 2 heterocycles. The Labute approximate surface area is 143 Å². The number of carbonyl (C=O) groups excluding carboxylic acids is 1. The van der Waals surface area contributed by atoms with Gasteiger partial charge in [0.1, 0.15) is 5.76 Å². The fourth-order valence-electron chi connectivity index (χ4n) is 3.56. The van der Waals surface area contributed by atoms with Crippen molar-refractivity contribution < 1.29 is 9.32 Å². The summed E-state index contributed by atoms with van der Waals surface area (Å²) in [4.78, 5) is 14.7. The van der Waals surface area contributed by atoms with Crippen molar-refractivity contribution in [2.24, 2.45) is 5.92 Å². The van der Waals surface area contributed by atoms with Crippen LogP contribution in [-0.2, 0) is 11.8 Å². The van der Waals surface area contributed by atoms with Gasteiger partial charge in [0.2, 0.25) is 0 Å². The molecule has 2 aromatic rings. The van der Waals surface area contributed by atoms with Crippen molar-refractivity contribution in [2.75, 3.05) is 13.1 Å². The third-order valence-electron chi connectivity index (χ3n) is 4.84. The van der Waals surface area contributed by atoms with E-state index in [1.807, 2.05) is 11.0 Å². The van der Waals surface area contributed by atoms with Gasteiger partial charge >= 0.3 is 0 Å². The molecule has 4 heteroatoms. The Morgan fingerprint density at radius 1 is 1.33 bits per heavy atom. The molecule has 1 saturated heterocycles. The summed E-state index contributed by atoms with van der Waals surface area (Å²) in [6.07, 6.45) is 2.91. The Balaban J connectivity index is 1.75. The molecule has 0 N–H and O–H groups in total. The Bertz CT molecular complexity index is 693. The van der Waals surface area contributed by atoms with Crippen LogP contribution in [0.3, 0.4) is 0 Å². The summed E-state index contributed by atoms with van der Waals surface area (Å²) in [5, 5.41) is 4.00. The molecule has 0 aliphatic carbocycles. The first-order chi connectivity index (χ1) is 11.5. The van der Waals surface area contributed by atoms with Crippen molar-refractivity contribution in [1.29, 1.82) is 0 Å². The van der Waals surface area contributed by atoms with Crippen molar-refractivity contribution in [3.8, 4) is 0 Å². The van der Waals surface area contributed by atoms with Crippen molar-refractivity contribution in [3.05, 3.63) is 53.4 Å². The first-order valence-corrected chi connectivity index (χ1v) is 8.78. The molecular formula is C20H26N2O2. The van der Waals surface area contributed by atoms with E-state index in [0.717, 1.165) is 38.1 Å². The van der Waals surface area contributed by atoms with E-state index >= 15 is 0 Å². The van der Waals surface area contributed by atoms with Gasteiger partial charge in [-0.15, -0.1) is 0 Å². The highest BCUT2D eigenvalue weighted by Gasteiger charge is 2.35. The van der Waals surface area contributed by atoms with Crippen molar-refractivity contribution in [3.63, 3.8) is 0 Å².